The Morgan fingerprint density at radius 1 is 1.14 bits per heavy atom. The second-order valence-corrected chi connectivity index (χ2v) is 5.80. The zero-order chi connectivity index (χ0) is 15.7. The fourth-order valence-electron chi connectivity index (χ4n) is 2.81. The number of rotatable bonds is 3. The van der Waals surface area contributed by atoms with Gasteiger partial charge in [0.2, 0.25) is 0 Å². The van der Waals surface area contributed by atoms with Gasteiger partial charge in [-0.05, 0) is 36.2 Å². The van der Waals surface area contributed by atoms with Crippen molar-refractivity contribution in [3.63, 3.8) is 0 Å². The number of hydrogen-bond acceptors (Lipinski definition) is 2. The predicted octanol–water partition coefficient (Wildman–Crippen LogP) is 4.13. The van der Waals surface area contributed by atoms with Gasteiger partial charge in [0.05, 0.1) is 11.0 Å². The van der Waals surface area contributed by atoms with E-state index in [4.69, 9.17) is 11.6 Å². The first-order chi connectivity index (χ1) is 10.6. The molecule has 4 heteroatoms. The molecule has 1 atom stereocenters. The van der Waals surface area contributed by atoms with Gasteiger partial charge in [-0.2, -0.15) is 0 Å². The van der Waals surface area contributed by atoms with Crippen LogP contribution in [0.15, 0.2) is 53.3 Å². The molecule has 3 aromatic rings. The smallest absolute Gasteiger partial charge is 0.273 e. The summed E-state index contributed by atoms with van der Waals surface area (Å²) < 4.78 is 1.68. The van der Waals surface area contributed by atoms with Crippen LogP contribution in [0.1, 0.15) is 30.5 Å². The number of nitrogens with zero attached hydrogens (tertiary/aromatic N) is 2. The number of halogens is 1. The maximum Gasteiger partial charge on any atom is 0.273 e. The minimum absolute atomic E-state index is 0.0272. The van der Waals surface area contributed by atoms with Crippen LogP contribution in [0.2, 0.25) is 5.02 Å². The maximum absolute atomic E-state index is 12.7. The lowest BCUT2D eigenvalue weighted by Gasteiger charge is -2.16. The second kappa shape index (κ2) is 5.93. The Kier molecular flexibility index (Phi) is 3.99. The summed E-state index contributed by atoms with van der Waals surface area (Å²) in [5.74, 6) is -0.0272. The molecular weight excluding hydrogens is 296 g/mol. The van der Waals surface area contributed by atoms with Crippen molar-refractivity contribution in [3.8, 4) is 0 Å². The molecule has 0 spiro atoms. The van der Waals surface area contributed by atoms with Gasteiger partial charge in [0, 0.05) is 18.0 Å². The molecule has 0 amide bonds. The lowest BCUT2D eigenvalue weighted by molar-refractivity contribution is 0.718. The molecule has 1 heterocycles. The van der Waals surface area contributed by atoms with Crippen LogP contribution in [0.25, 0.3) is 11.0 Å². The zero-order valence-corrected chi connectivity index (χ0v) is 13.3. The summed E-state index contributed by atoms with van der Waals surface area (Å²) in [4.78, 5) is 17.3. The van der Waals surface area contributed by atoms with Gasteiger partial charge in [-0.3, -0.25) is 4.79 Å². The van der Waals surface area contributed by atoms with E-state index < -0.39 is 0 Å². The molecule has 22 heavy (non-hydrogen) atoms. The van der Waals surface area contributed by atoms with Crippen LogP contribution < -0.4 is 5.56 Å². The van der Waals surface area contributed by atoms with E-state index in [9.17, 15) is 4.79 Å². The molecule has 3 rings (SSSR count). The van der Waals surface area contributed by atoms with Crippen LogP contribution in [0.3, 0.4) is 0 Å². The molecule has 0 aliphatic carbocycles. The summed E-state index contributed by atoms with van der Waals surface area (Å²) in [6, 6.07) is 15.3. The number of aromatic nitrogens is 2. The Balaban J connectivity index is 2.21. The molecule has 0 N–H and O–H groups in total. The van der Waals surface area contributed by atoms with E-state index in [1.165, 1.54) is 0 Å². The van der Waals surface area contributed by atoms with E-state index in [2.05, 4.69) is 11.9 Å². The van der Waals surface area contributed by atoms with Crippen molar-refractivity contribution in [1.29, 1.82) is 0 Å². The van der Waals surface area contributed by atoms with Gasteiger partial charge >= 0.3 is 0 Å². The minimum atomic E-state index is -0.0412. The lowest BCUT2D eigenvalue weighted by atomic mass is 9.93. The molecule has 0 aliphatic heterocycles. The third kappa shape index (κ3) is 2.53. The number of aryl methyl sites for hydroxylation is 1. The van der Waals surface area contributed by atoms with Crippen molar-refractivity contribution in [2.24, 2.45) is 7.05 Å². The fraction of sp³-hybridized carbons (Fsp3) is 0.222. The van der Waals surface area contributed by atoms with Crippen LogP contribution in [0, 0.1) is 0 Å². The standard InChI is InChI=1S/C18H17ClN2O/c1-3-14(12-8-10-13(19)11-9-12)17-18(22)21(2)16-7-5-4-6-15(16)20-17/h4-11,14H,3H2,1-2H3. The molecule has 0 saturated carbocycles. The summed E-state index contributed by atoms with van der Waals surface area (Å²) in [5.41, 5.74) is 3.30. The fourth-order valence-corrected chi connectivity index (χ4v) is 2.94. The Bertz CT molecular complexity index is 868. The van der Waals surface area contributed by atoms with E-state index >= 15 is 0 Å². The van der Waals surface area contributed by atoms with Gasteiger partial charge in [-0.15, -0.1) is 0 Å². The van der Waals surface area contributed by atoms with Crippen LogP contribution in [-0.2, 0) is 7.05 Å². The Morgan fingerprint density at radius 3 is 2.50 bits per heavy atom. The van der Waals surface area contributed by atoms with Gasteiger partial charge in [-0.1, -0.05) is 42.8 Å². The van der Waals surface area contributed by atoms with Crippen molar-refractivity contribution in [2.75, 3.05) is 0 Å². The van der Waals surface area contributed by atoms with Crippen molar-refractivity contribution >= 4 is 22.6 Å². The van der Waals surface area contributed by atoms with Gasteiger partial charge < -0.3 is 4.57 Å². The molecule has 0 saturated heterocycles. The summed E-state index contributed by atoms with van der Waals surface area (Å²) in [6.45, 7) is 2.07. The number of fused-ring (bicyclic) bond motifs is 1. The lowest BCUT2D eigenvalue weighted by Crippen LogP contribution is -2.25. The summed E-state index contributed by atoms with van der Waals surface area (Å²) >= 11 is 5.96. The number of benzene rings is 2. The van der Waals surface area contributed by atoms with E-state index in [-0.39, 0.29) is 11.5 Å². The number of para-hydroxylation sites is 2. The average Bonchev–Trinajstić information content (AvgIpc) is 2.54. The second-order valence-electron chi connectivity index (χ2n) is 5.36. The summed E-state index contributed by atoms with van der Waals surface area (Å²) in [5, 5.41) is 0.693. The zero-order valence-electron chi connectivity index (χ0n) is 12.6. The molecule has 0 fully saturated rings. The molecule has 0 bridgehead atoms. The Hall–Kier alpha value is -2.13. The summed E-state index contributed by atoms with van der Waals surface area (Å²) in [6.07, 6.45) is 0.808. The Labute approximate surface area is 134 Å². The van der Waals surface area contributed by atoms with Crippen LogP contribution in [0.5, 0.6) is 0 Å². The van der Waals surface area contributed by atoms with Gasteiger partial charge in [-0.25, -0.2) is 4.98 Å². The molecule has 2 aromatic carbocycles. The third-order valence-corrected chi connectivity index (χ3v) is 4.27. The topological polar surface area (TPSA) is 34.9 Å². The highest BCUT2D eigenvalue weighted by Crippen LogP contribution is 2.26. The molecule has 1 unspecified atom stereocenters. The van der Waals surface area contributed by atoms with Crippen molar-refractivity contribution in [3.05, 3.63) is 75.2 Å². The highest BCUT2D eigenvalue weighted by atomic mass is 35.5. The Morgan fingerprint density at radius 2 is 1.82 bits per heavy atom. The van der Waals surface area contributed by atoms with Crippen LogP contribution in [-0.4, -0.2) is 9.55 Å². The van der Waals surface area contributed by atoms with Gasteiger partial charge in [0.25, 0.3) is 5.56 Å². The highest BCUT2D eigenvalue weighted by Gasteiger charge is 2.19. The SMILES string of the molecule is CCC(c1ccc(Cl)cc1)c1nc2ccccc2n(C)c1=O. The van der Waals surface area contributed by atoms with E-state index in [1.54, 1.807) is 11.6 Å². The molecule has 112 valence electrons. The average molecular weight is 313 g/mol. The minimum Gasteiger partial charge on any atom is -0.308 e. The maximum atomic E-state index is 12.7. The number of hydrogen-bond donors (Lipinski definition) is 0. The molecule has 0 radical (unpaired) electrons. The predicted molar refractivity (Wildman–Crippen MR) is 90.6 cm³/mol. The van der Waals surface area contributed by atoms with Gasteiger partial charge in [0.15, 0.2) is 0 Å². The van der Waals surface area contributed by atoms with E-state index in [0.29, 0.717) is 10.7 Å². The third-order valence-electron chi connectivity index (χ3n) is 4.02. The quantitative estimate of drug-likeness (QED) is 0.729. The first kappa shape index (κ1) is 14.8. The largest absolute Gasteiger partial charge is 0.308 e. The van der Waals surface area contributed by atoms with Crippen molar-refractivity contribution in [2.45, 2.75) is 19.3 Å². The monoisotopic (exact) mass is 312 g/mol. The first-order valence-electron chi connectivity index (χ1n) is 7.33. The van der Waals surface area contributed by atoms with Crippen molar-refractivity contribution in [1.82, 2.24) is 9.55 Å². The van der Waals surface area contributed by atoms with Crippen LogP contribution in [0.4, 0.5) is 0 Å². The molecule has 0 aliphatic rings. The molecule has 3 nitrogen and oxygen atoms in total. The first-order valence-corrected chi connectivity index (χ1v) is 7.70. The van der Waals surface area contributed by atoms with Gasteiger partial charge in [0.1, 0.15) is 5.69 Å². The molecular formula is C18H17ClN2O. The van der Waals surface area contributed by atoms with Crippen LogP contribution >= 0.6 is 11.6 Å². The van der Waals surface area contributed by atoms with Crippen molar-refractivity contribution < 1.29 is 0 Å². The normalized spacial score (nSPS) is 12.5. The summed E-state index contributed by atoms with van der Waals surface area (Å²) in [7, 11) is 1.80. The van der Waals surface area contributed by atoms with E-state index in [0.717, 1.165) is 23.0 Å². The van der Waals surface area contributed by atoms with E-state index in [1.807, 2.05) is 48.5 Å². The molecule has 1 aromatic heterocycles. The highest BCUT2D eigenvalue weighted by molar-refractivity contribution is 6.30.